The summed E-state index contributed by atoms with van der Waals surface area (Å²) in [5, 5.41) is 4.03. The summed E-state index contributed by atoms with van der Waals surface area (Å²) in [5.74, 6) is 0.0819. The van der Waals surface area contributed by atoms with Crippen LogP contribution in [0.5, 0.6) is 0 Å². The molecular formula is C38H38N4O3. The normalized spacial score (nSPS) is 16.2. The SMILES string of the molecule is CN(C)C[C@H]1Cc2ccccc2N(C(=O)[C@@H](Cc2c[nH]c3ccccc23)NC(=O)OCC2c3ccccc3-c3ccccc32)C1. The number of nitrogens with zero attached hydrogens (tertiary/aromatic N) is 2. The zero-order valence-corrected chi connectivity index (χ0v) is 25.7. The molecule has 0 spiro atoms. The lowest BCUT2D eigenvalue weighted by atomic mass is 9.91. The summed E-state index contributed by atoms with van der Waals surface area (Å²) in [6.45, 7) is 1.64. The highest BCUT2D eigenvalue weighted by molar-refractivity contribution is 6.00. The number of hydrogen-bond acceptors (Lipinski definition) is 4. The maximum atomic E-state index is 14.5. The minimum Gasteiger partial charge on any atom is -0.449 e. The number of ether oxygens (including phenoxy) is 1. The van der Waals surface area contributed by atoms with Crippen molar-refractivity contribution >= 4 is 28.6 Å². The number of aromatic nitrogens is 1. The Labute approximate surface area is 263 Å². The number of nitrogens with one attached hydrogen (secondary N) is 2. The first-order valence-corrected chi connectivity index (χ1v) is 15.7. The number of hydrogen-bond donors (Lipinski definition) is 2. The smallest absolute Gasteiger partial charge is 0.407 e. The van der Waals surface area contributed by atoms with Crippen LogP contribution >= 0.6 is 0 Å². The van der Waals surface area contributed by atoms with Gasteiger partial charge in [0, 0.05) is 48.2 Å². The Morgan fingerprint density at radius 1 is 0.911 bits per heavy atom. The van der Waals surface area contributed by atoms with Crippen molar-refractivity contribution in [1.29, 1.82) is 0 Å². The lowest BCUT2D eigenvalue weighted by molar-refractivity contribution is -0.120. The van der Waals surface area contributed by atoms with Crippen LogP contribution in [0.2, 0.25) is 0 Å². The van der Waals surface area contributed by atoms with Gasteiger partial charge in [-0.15, -0.1) is 0 Å². The van der Waals surface area contributed by atoms with Crippen molar-refractivity contribution in [2.24, 2.45) is 5.92 Å². The number of carbonyl (C=O) groups is 2. The molecule has 4 aromatic carbocycles. The van der Waals surface area contributed by atoms with Gasteiger partial charge in [0.25, 0.3) is 0 Å². The van der Waals surface area contributed by atoms with E-state index in [9.17, 15) is 9.59 Å². The fourth-order valence-corrected chi connectivity index (χ4v) is 7.22. The standard InChI is InChI=1S/C38H38N4O3/c1-41(2)22-25-19-26-11-3-10-18-36(26)42(23-25)37(43)35(20-27-21-39-34-17-9-8-12-28(27)34)40-38(44)45-24-33-31-15-6-4-13-29(31)30-14-5-7-16-32(30)33/h3-18,21,25,33,35,39H,19-20,22-24H2,1-2H3,(H,40,44)/t25-,35-/m1/s1. The van der Waals surface area contributed by atoms with Gasteiger partial charge in [-0.05, 0) is 71.9 Å². The zero-order chi connectivity index (χ0) is 30.9. The van der Waals surface area contributed by atoms with Crippen LogP contribution in [0.1, 0.15) is 28.2 Å². The van der Waals surface area contributed by atoms with E-state index >= 15 is 0 Å². The van der Waals surface area contributed by atoms with Crippen LogP contribution in [0.25, 0.3) is 22.0 Å². The molecule has 0 bridgehead atoms. The third-order valence-electron chi connectivity index (χ3n) is 9.15. The molecule has 45 heavy (non-hydrogen) atoms. The molecule has 0 saturated carbocycles. The summed E-state index contributed by atoms with van der Waals surface area (Å²) in [7, 11) is 4.12. The van der Waals surface area contributed by atoms with Crippen molar-refractivity contribution in [2.45, 2.75) is 24.8 Å². The van der Waals surface area contributed by atoms with Gasteiger partial charge in [0.15, 0.2) is 0 Å². The highest BCUT2D eigenvalue weighted by atomic mass is 16.5. The summed E-state index contributed by atoms with van der Waals surface area (Å²) in [5.41, 5.74) is 8.67. The van der Waals surface area contributed by atoms with E-state index in [-0.39, 0.29) is 24.3 Å². The van der Waals surface area contributed by atoms with E-state index in [0.717, 1.165) is 51.8 Å². The topological polar surface area (TPSA) is 77.7 Å². The number of H-pyrrole nitrogens is 1. The van der Waals surface area contributed by atoms with E-state index in [1.165, 1.54) is 11.1 Å². The number of benzene rings is 4. The van der Waals surface area contributed by atoms with Crippen LogP contribution < -0.4 is 10.2 Å². The van der Waals surface area contributed by atoms with Gasteiger partial charge in [-0.1, -0.05) is 84.9 Å². The quantitative estimate of drug-likeness (QED) is 0.217. The van der Waals surface area contributed by atoms with E-state index < -0.39 is 12.1 Å². The molecule has 228 valence electrons. The van der Waals surface area contributed by atoms with Gasteiger partial charge >= 0.3 is 6.09 Å². The Bertz CT molecular complexity index is 1820. The maximum Gasteiger partial charge on any atom is 0.407 e. The number of carbonyl (C=O) groups excluding carboxylic acids is 2. The van der Waals surface area contributed by atoms with Gasteiger partial charge in [0.1, 0.15) is 12.6 Å². The Kier molecular flexibility index (Phi) is 7.86. The van der Waals surface area contributed by atoms with Crippen LogP contribution in [-0.4, -0.2) is 61.7 Å². The summed E-state index contributed by atoms with van der Waals surface area (Å²) in [6, 6.07) is 31.9. The van der Waals surface area contributed by atoms with Gasteiger partial charge in [0.2, 0.25) is 5.91 Å². The second kappa shape index (κ2) is 12.3. The third kappa shape index (κ3) is 5.71. The molecule has 2 N–H and O–H groups in total. The summed E-state index contributed by atoms with van der Waals surface area (Å²) in [6.07, 6.45) is 2.59. The summed E-state index contributed by atoms with van der Waals surface area (Å²) >= 11 is 0. The molecule has 1 aliphatic carbocycles. The van der Waals surface area contributed by atoms with Crippen LogP contribution in [0.15, 0.2) is 103 Å². The molecule has 2 aliphatic rings. The molecule has 0 saturated heterocycles. The molecule has 2 atom stereocenters. The first kappa shape index (κ1) is 28.9. The van der Waals surface area contributed by atoms with Crippen molar-refractivity contribution < 1.29 is 14.3 Å². The Hall–Kier alpha value is -4.88. The number of aromatic amines is 1. The molecule has 2 heterocycles. The Morgan fingerprint density at radius 3 is 2.33 bits per heavy atom. The van der Waals surface area contributed by atoms with E-state index in [0.29, 0.717) is 13.0 Å². The average Bonchev–Trinajstić information content (AvgIpc) is 3.61. The monoisotopic (exact) mass is 598 g/mol. The molecule has 2 amide bonds. The van der Waals surface area contributed by atoms with Crippen LogP contribution in [0.4, 0.5) is 10.5 Å². The molecule has 5 aromatic rings. The number of para-hydroxylation sites is 2. The fourth-order valence-electron chi connectivity index (χ4n) is 7.22. The van der Waals surface area contributed by atoms with Crippen LogP contribution in [0.3, 0.4) is 0 Å². The Morgan fingerprint density at radius 2 is 1.58 bits per heavy atom. The van der Waals surface area contributed by atoms with Crippen molar-refractivity contribution in [2.75, 3.05) is 38.7 Å². The molecule has 0 fully saturated rings. The van der Waals surface area contributed by atoms with E-state index in [1.807, 2.05) is 77.8 Å². The van der Waals surface area contributed by atoms with Gasteiger partial charge in [-0.3, -0.25) is 4.79 Å². The van der Waals surface area contributed by atoms with Crippen molar-refractivity contribution in [1.82, 2.24) is 15.2 Å². The first-order chi connectivity index (χ1) is 22.0. The van der Waals surface area contributed by atoms with Crippen LogP contribution in [-0.2, 0) is 22.4 Å². The van der Waals surface area contributed by atoms with Crippen LogP contribution in [0, 0.1) is 5.92 Å². The lowest BCUT2D eigenvalue weighted by Gasteiger charge is -2.37. The van der Waals surface area contributed by atoms with Gasteiger partial charge in [0.05, 0.1) is 0 Å². The Balaban J connectivity index is 1.15. The average molecular weight is 599 g/mol. The predicted molar refractivity (Wildman–Crippen MR) is 179 cm³/mol. The minimum absolute atomic E-state index is 0.0633. The van der Waals surface area contributed by atoms with Gasteiger partial charge < -0.3 is 24.8 Å². The zero-order valence-electron chi connectivity index (χ0n) is 25.7. The largest absolute Gasteiger partial charge is 0.449 e. The van der Waals surface area contributed by atoms with Crippen molar-refractivity contribution in [3.63, 3.8) is 0 Å². The lowest BCUT2D eigenvalue weighted by Crippen LogP contribution is -2.53. The molecule has 1 aromatic heterocycles. The predicted octanol–water partition coefficient (Wildman–Crippen LogP) is 6.38. The summed E-state index contributed by atoms with van der Waals surface area (Å²) in [4.78, 5) is 35.4. The number of anilines is 1. The number of fused-ring (bicyclic) bond motifs is 5. The molecule has 0 radical (unpaired) electrons. The number of rotatable bonds is 8. The van der Waals surface area contributed by atoms with Gasteiger partial charge in [-0.2, -0.15) is 0 Å². The molecule has 1 aliphatic heterocycles. The summed E-state index contributed by atoms with van der Waals surface area (Å²) < 4.78 is 5.92. The second-order valence-electron chi connectivity index (χ2n) is 12.5. The fraction of sp³-hybridized carbons (Fsp3) is 0.263. The minimum atomic E-state index is -0.814. The second-order valence-corrected chi connectivity index (χ2v) is 12.5. The third-order valence-corrected chi connectivity index (χ3v) is 9.15. The molecule has 0 unspecified atom stereocenters. The molecule has 7 heteroatoms. The highest BCUT2D eigenvalue weighted by Gasteiger charge is 2.35. The molecular weight excluding hydrogens is 560 g/mol. The van der Waals surface area contributed by atoms with Crippen molar-refractivity contribution in [3.8, 4) is 11.1 Å². The van der Waals surface area contributed by atoms with Crippen molar-refractivity contribution in [3.05, 3.63) is 126 Å². The van der Waals surface area contributed by atoms with Gasteiger partial charge in [-0.25, -0.2) is 4.79 Å². The van der Waals surface area contributed by atoms with E-state index in [2.05, 4.69) is 59.6 Å². The van der Waals surface area contributed by atoms with E-state index in [1.54, 1.807) is 0 Å². The number of alkyl carbamates (subject to hydrolysis) is 1. The molecule has 7 nitrogen and oxygen atoms in total. The maximum absolute atomic E-state index is 14.5. The molecule has 7 rings (SSSR count). The highest BCUT2D eigenvalue weighted by Crippen LogP contribution is 2.44. The van der Waals surface area contributed by atoms with E-state index in [4.69, 9.17) is 4.74 Å². The first-order valence-electron chi connectivity index (χ1n) is 15.7. The number of amides is 2.